The van der Waals surface area contributed by atoms with E-state index in [1.54, 1.807) is 24.5 Å². The molecule has 1 aromatic rings. The fourth-order valence-electron chi connectivity index (χ4n) is 3.03. The molecule has 0 aliphatic carbocycles. The molecule has 2 saturated heterocycles. The van der Waals surface area contributed by atoms with Crippen molar-refractivity contribution in [3.63, 3.8) is 0 Å². The van der Waals surface area contributed by atoms with E-state index >= 15 is 0 Å². The van der Waals surface area contributed by atoms with E-state index in [4.69, 9.17) is 9.47 Å². The van der Waals surface area contributed by atoms with Gasteiger partial charge in [-0.3, -0.25) is 9.78 Å². The first-order chi connectivity index (χ1) is 9.69. The van der Waals surface area contributed by atoms with Crippen LogP contribution in [-0.4, -0.2) is 47.9 Å². The van der Waals surface area contributed by atoms with Crippen LogP contribution in [0.2, 0.25) is 0 Å². The summed E-state index contributed by atoms with van der Waals surface area (Å²) in [6.07, 6.45) is 5.33. The number of rotatable bonds is 2. The van der Waals surface area contributed by atoms with E-state index in [0.717, 1.165) is 19.4 Å². The van der Waals surface area contributed by atoms with Gasteiger partial charge in [-0.1, -0.05) is 0 Å². The second kappa shape index (κ2) is 5.50. The molecule has 2 fully saturated rings. The largest absolute Gasteiger partial charge is 0.347 e. The Morgan fingerprint density at radius 2 is 2.05 bits per heavy atom. The van der Waals surface area contributed by atoms with Crippen molar-refractivity contribution in [2.75, 3.05) is 26.3 Å². The highest BCUT2D eigenvalue weighted by Gasteiger charge is 2.42. The molecular formula is C15H20N2O3. The second-order valence-electron chi connectivity index (χ2n) is 5.54. The van der Waals surface area contributed by atoms with Crippen LogP contribution in [0.15, 0.2) is 24.5 Å². The van der Waals surface area contributed by atoms with Gasteiger partial charge in [-0.2, -0.15) is 0 Å². The van der Waals surface area contributed by atoms with Crippen molar-refractivity contribution >= 4 is 5.91 Å². The maximum Gasteiger partial charge on any atom is 0.253 e. The summed E-state index contributed by atoms with van der Waals surface area (Å²) < 4.78 is 11.5. The summed E-state index contributed by atoms with van der Waals surface area (Å²) in [4.78, 5) is 18.3. The molecule has 0 N–H and O–H groups in total. The van der Waals surface area contributed by atoms with Gasteiger partial charge in [0, 0.05) is 37.0 Å². The number of hydrogen-bond donors (Lipinski definition) is 0. The zero-order valence-electron chi connectivity index (χ0n) is 11.7. The van der Waals surface area contributed by atoms with E-state index < -0.39 is 5.79 Å². The van der Waals surface area contributed by atoms with Gasteiger partial charge in [0.1, 0.15) is 0 Å². The summed E-state index contributed by atoms with van der Waals surface area (Å²) >= 11 is 0. The molecule has 20 heavy (non-hydrogen) atoms. The first-order valence-corrected chi connectivity index (χ1v) is 7.16. The zero-order valence-corrected chi connectivity index (χ0v) is 11.7. The van der Waals surface area contributed by atoms with Gasteiger partial charge in [0.2, 0.25) is 0 Å². The fourth-order valence-corrected chi connectivity index (χ4v) is 3.03. The molecule has 3 rings (SSSR count). The monoisotopic (exact) mass is 276 g/mol. The normalized spacial score (nSPS) is 25.6. The Bertz CT molecular complexity index is 471. The highest BCUT2D eigenvalue weighted by Crippen LogP contribution is 2.34. The van der Waals surface area contributed by atoms with Crippen LogP contribution in [0.3, 0.4) is 0 Å². The lowest BCUT2D eigenvalue weighted by Crippen LogP contribution is -2.48. The van der Waals surface area contributed by atoms with Crippen molar-refractivity contribution in [3.05, 3.63) is 30.1 Å². The number of hydrogen-bond acceptors (Lipinski definition) is 4. The standard InChI is InChI=1S/C15H20N2O3/c1-15(19-9-10-20-15)13-3-2-8-17(11-13)14(18)12-4-6-16-7-5-12/h4-7,13H,2-3,8-11H2,1H3/t13-/m0/s1. The number of nitrogens with zero attached hydrogens (tertiary/aromatic N) is 2. The summed E-state index contributed by atoms with van der Waals surface area (Å²) in [7, 11) is 0. The Labute approximate surface area is 118 Å². The molecule has 0 spiro atoms. The number of ether oxygens (including phenoxy) is 2. The number of carbonyl (C=O) groups excluding carboxylic acids is 1. The van der Waals surface area contributed by atoms with Crippen LogP contribution in [0.4, 0.5) is 0 Å². The third kappa shape index (κ3) is 2.55. The molecule has 5 heteroatoms. The summed E-state index contributed by atoms with van der Waals surface area (Å²) in [5.74, 6) is -0.222. The number of likely N-dealkylation sites (tertiary alicyclic amines) is 1. The first-order valence-electron chi connectivity index (χ1n) is 7.16. The predicted octanol–water partition coefficient (Wildman–Crippen LogP) is 1.70. The Morgan fingerprint density at radius 1 is 1.35 bits per heavy atom. The number of pyridine rings is 1. The highest BCUT2D eigenvalue weighted by atomic mass is 16.7. The molecule has 0 bridgehead atoms. The number of piperidine rings is 1. The molecule has 0 radical (unpaired) electrons. The minimum Gasteiger partial charge on any atom is -0.347 e. The Morgan fingerprint density at radius 3 is 2.75 bits per heavy atom. The fraction of sp³-hybridized carbons (Fsp3) is 0.600. The molecule has 0 saturated carbocycles. The summed E-state index contributed by atoms with van der Waals surface area (Å²) in [6.45, 7) is 4.77. The minimum atomic E-state index is -0.531. The molecular weight excluding hydrogens is 256 g/mol. The van der Waals surface area contributed by atoms with E-state index in [0.29, 0.717) is 25.3 Å². The molecule has 5 nitrogen and oxygen atoms in total. The van der Waals surface area contributed by atoms with E-state index in [2.05, 4.69) is 4.98 Å². The Balaban J connectivity index is 1.70. The van der Waals surface area contributed by atoms with Crippen LogP contribution in [0.1, 0.15) is 30.1 Å². The summed E-state index contributed by atoms with van der Waals surface area (Å²) in [5, 5.41) is 0. The van der Waals surface area contributed by atoms with Crippen molar-refractivity contribution in [1.29, 1.82) is 0 Å². The zero-order chi connectivity index (χ0) is 14.0. The molecule has 108 valence electrons. The van der Waals surface area contributed by atoms with Crippen LogP contribution in [0.25, 0.3) is 0 Å². The molecule has 0 aromatic carbocycles. The molecule has 2 aliphatic heterocycles. The lowest BCUT2D eigenvalue weighted by Gasteiger charge is -2.39. The van der Waals surface area contributed by atoms with Crippen molar-refractivity contribution in [2.45, 2.75) is 25.6 Å². The minimum absolute atomic E-state index is 0.0682. The van der Waals surface area contributed by atoms with Gasteiger partial charge in [0.25, 0.3) is 5.91 Å². The average Bonchev–Trinajstić information content (AvgIpc) is 2.96. The molecule has 1 atom stereocenters. The third-order valence-electron chi connectivity index (χ3n) is 4.24. The lowest BCUT2D eigenvalue weighted by atomic mass is 9.90. The van der Waals surface area contributed by atoms with Crippen molar-refractivity contribution in [3.8, 4) is 0 Å². The third-order valence-corrected chi connectivity index (χ3v) is 4.24. The maximum absolute atomic E-state index is 12.5. The van der Waals surface area contributed by atoms with Crippen molar-refractivity contribution in [1.82, 2.24) is 9.88 Å². The maximum atomic E-state index is 12.5. The van der Waals surface area contributed by atoms with Gasteiger partial charge >= 0.3 is 0 Å². The number of aromatic nitrogens is 1. The predicted molar refractivity (Wildman–Crippen MR) is 73.2 cm³/mol. The van der Waals surface area contributed by atoms with E-state index in [1.807, 2.05) is 11.8 Å². The molecule has 2 aliphatic rings. The van der Waals surface area contributed by atoms with Crippen molar-refractivity contribution < 1.29 is 14.3 Å². The van der Waals surface area contributed by atoms with Gasteiger partial charge < -0.3 is 14.4 Å². The van der Waals surface area contributed by atoms with Gasteiger partial charge in [0.15, 0.2) is 5.79 Å². The van der Waals surface area contributed by atoms with Crippen LogP contribution in [0, 0.1) is 5.92 Å². The summed E-state index contributed by atoms with van der Waals surface area (Å²) in [6, 6.07) is 3.52. The van der Waals surface area contributed by atoms with Crippen LogP contribution in [-0.2, 0) is 9.47 Å². The van der Waals surface area contributed by atoms with Crippen LogP contribution in [0.5, 0.6) is 0 Å². The van der Waals surface area contributed by atoms with Crippen LogP contribution < -0.4 is 0 Å². The smallest absolute Gasteiger partial charge is 0.253 e. The van der Waals surface area contributed by atoms with E-state index in [1.165, 1.54) is 0 Å². The molecule has 0 unspecified atom stereocenters. The number of amides is 1. The molecule has 3 heterocycles. The average molecular weight is 276 g/mol. The van der Waals surface area contributed by atoms with Gasteiger partial charge in [-0.05, 0) is 31.9 Å². The SMILES string of the molecule is CC1([C@H]2CCCN(C(=O)c3ccncc3)C2)OCCO1. The summed E-state index contributed by atoms with van der Waals surface area (Å²) in [5.41, 5.74) is 0.694. The quantitative estimate of drug-likeness (QED) is 0.825. The van der Waals surface area contributed by atoms with Gasteiger partial charge in [0.05, 0.1) is 13.2 Å². The Hall–Kier alpha value is -1.46. The Kier molecular flexibility index (Phi) is 3.72. The van der Waals surface area contributed by atoms with Gasteiger partial charge in [-0.25, -0.2) is 0 Å². The van der Waals surface area contributed by atoms with E-state index in [-0.39, 0.29) is 11.8 Å². The van der Waals surface area contributed by atoms with E-state index in [9.17, 15) is 4.79 Å². The van der Waals surface area contributed by atoms with Crippen molar-refractivity contribution in [2.24, 2.45) is 5.92 Å². The first kappa shape index (κ1) is 13.5. The number of carbonyl (C=O) groups is 1. The van der Waals surface area contributed by atoms with Crippen LogP contribution >= 0.6 is 0 Å². The van der Waals surface area contributed by atoms with Gasteiger partial charge in [-0.15, -0.1) is 0 Å². The topological polar surface area (TPSA) is 51.7 Å². The lowest BCUT2D eigenvalue weighted by molar-refractivity contribution is -0.189. The highest BCUT2D eigenvalue weighted by molar-refractivity contribution is 5.94. The second-order valence-corrected chi connectivity index (χ2v) is 5.54. The molecule has 1 amide bonds. The molecule has 1 aromatic heterocycles.